The molecule has 0 aromatic heterocycles. The Hall–Kier alpha value is -2.65. The monoisotopic (exact) mass is 476 g/mol. The Kier molecular flexibility index (Phi) is 9.71. The number of phenolic OH excluding ortho intramolecular Hbond substituents is 1. The molecule has 34 heavy (non-hydrogen) atoms. The number of carbonyl (C=O) groups is 3. The summed E-state index contributed by atoms with van der Waals surface area (Å²) in [5.74, 6) is -0.894. The van der Waals surface area contributed by atoms with Crippen LogP contribution in [0.3, 0.4) is 0 Å². The number of ether oxygens (including phenoxy) is 2. The average molecular weight is 477 g/mol. The van der Waals surface area contributed by atoms with E-state index in [1.165, 1.54) is 12.0 Å². The van der Waals surface area contributed by atoms with Gasteiger partial charge in [-0.1, -0.05) is 31.4 Å². The largest absolute Gasteiger partial charge is 0.508 e. The highest BCUT2D eigenvalue weighted by atomic mass is 16.5. The summed E-state index contributed by atoms with van der Waals surface area (Å²) in [7, 11) is 1.29. The number of benzene rings is 1. The van der Waals surface area contributed by atoms with E-state index < -0.39 is 18.1 Å². The van der Waals surface area contributed by atoms with Gasteiger partial charge >= 0.3 is 5.97 Å². The van der Waals surface area contributed by atoms with Gasteiger partial charge in [0.05, 0.1) is 26.4 Å². The van der Waals surface area contributed by atoms with Crippen molar-refractivity contribution >= 4 is 17.8 Å². The third kappa shape index (κ3) is 6.93. The van der Waals surface area contributed by atoms with Gasteiger partial charge in [-0.05, 0) is 42.9 Å². The number of methoxy groups -OCH3 is 1. The van der Waals surface area contributed by atoms with E-state index >= 15 is 0 Å². The van der Waals surface area contributed by atoms with Gasteiger partial charge in [0.2, 0.25) is 11.8 Å². The molecular weight excluding hydrogens is 440 g/mol. The molecule has 0 bridgehead atoms. The van der Waals surface area contributed by atoms with Crippen LogP contribution in [-0.4, -0.2) is 78.0 Å². The number of hydrogen-bond donors (Lipinski definition) is 3. The lowest BCUT2D eigenvalue weighted by molar-refractivity contribution is -0.152. The Bertz CT molecular complexity index is 840. The molecule has 0 radical (unpaired) electrons. The first-order valence-corrected chi connectivity index (χ1v) is 12.1. The zero-order valence-electron chi connectivity index (χ0n) is 19.8. The van der Waals surface area contributed by atoms with Crippen molar-refractivity contribution in [3.05, 3.63) is 29.8 Å². The van der Waals surface area contributed by atoms with Crippen molar-refractivity contribution in [1.29, 1.82) is 0 Å². The Balaban J connectivity index is 1.72. The third-order valence-corrected chi connectivity index (χ3v) is 6.72. The minimum Gasteiger partial charge on any atom is -0.508 e. The maximum atomic E-state index is 13.7. The third-order valence-electron chi connectivity index (χ3n) is 6.72. The molecule has 1 heterocycles. The number of aromatic hydroxyl groups is 1. The van der Waals surface area contributed by atoms with Crippen LogP contribution in [0.1, 0.15) is 50.5 Å². The van der Waals surface area contributed by atoms with Gasteiger partial charge in [0.25, 0.3) is 0 Å². The van der Waals surface area contributed by atoms with E-state index in [4.69, 9.17) is 14.6 Å². The van der Waals surface area contributed by atoms with Gasteiger partial charge in [0.15, 0.2) is 0 Å². The van der Waals surface area contributed by atoms with E-state index in [9.17, 15) is 19.5 Å². The number of phenols is 1. The van der Waals surface area contributed by atoms with Gasteiger partial charge in [-0.15, -0.1) is 0 Å². The fourth-order valence-electron chi connectivity index (χ4n) is 4.98. The van der Waals surface area contributed by atoms with Gasteiger partial charge in [-0.3, -0.25) is 9.59 Å². The lowest BCUT2D eigenvalue weighted by Gasteiger charge is -2.34. The summed E-state index contributed by atoms with van der Waals surface area (Å²) < 4.78 is 10.5. The van der Waals surface area contributed by atoms with Crippen LogP contribution >= 0.6 is 0 Å². The van der Waals surface area contributed by atoms with Crippen LogP contribution in [0.15, 0.2) is 24.3 Å². The predicted octanol–water partition coefficient (Wildman–Crippen LogP) is 1.54. The fourth-order valence-corrected chi connectivity index (χ4v) is 4.98. The molecule has 1 aromatic carbocycles. The number of nitrogens with one attached hydrogen (secondary N) is 1. The summed E-state index contributed by atoms with van der Waals surface area (Å²) in [5, 5.41) is 21.7. The van der Waals surface area contributed by atoms with Crippen LogP contribution in [0.4, 0.5) is 0 Å². The minimum absolute atomic E-state index is 0.00155. The summed E-state index contributed by atoms with van der Waals surface area (Å²) in [5.41, 5.74) is 0.838. The standard InChI is InChI=1S/C25H36N2O7/c1-33-25(32)21-15-20(34-13-12-28)16-27(21)24(31)23(18-7-3-2-4-8-18)26-22(30)11-10-17-6-5-9-19(29)14-17/h5-6,9,14,18,20-21,23,28-29H,2-4,7-8,10-13,15-16H2,1H3,(H,26,30)/t20-,21+,23+/m1/s1. The number of aryl methyl sites for hydroxylation is 1. The number of aliphatic hydroxyl groups excluding tert-OH is 1. The van der Waals surface area contributed by atoms with Gasteiger partial charge in [0.1, 0.15) is 17.8 Å². The van der Waals surface area contributed by atoms with Gasteiger partial charge in [0, 0.05) is 19.4 Å². The zero-order valence-corrected chi connectivity index (χ0v) is 19.8. The summed E-state index contributed by atoms with van der Waals surface area (Å²) in [6, 6.07) is 5.26. The van der Waals surface area contributed by atoms with Gasteiger partial charge in [-0.25, -0.2) is 4.79 Å². The van der Waals surface area contributed by atoms with E-state index in [2.05, 4.69) is 5.32 Å². The second-order valence-corrected chi connectivity index (χ2v) is 9.09. The number of hydrogen-bond acceptors (Lipinski definition) is 7. The Labute approximate surface area is 200 Å². The lowest BCUT2D eigenvalue weighted by Crippen LogP contribution is -2.55. The molecule has 3 rings (SSSR count). The molecule has 2 amide bonds. The molecule has 1 saturated carbocycles. The SMILES string of the molecule is COC(=O)[C@@H]1C[C@@H](OCCO)CN1C(=O)[C@@H](NC(=O)CCc1cccc(O)c1)C1CCCCC1. The Morgan fingerprint density at radius 3 is 2.65 bits per heavy atom. The highest BCUT2D eigenvalue weighted by Gasteiger charge is 2.44. The molecule has 0 unspecified atom stereocenters. The van der Waals surface area contributed by atoms with Crippen molar-refractivity contribution in [2.75, 3.05) is 26.9 Å². The number of carbonyl (C=O) groups excluding carboxylic acids is 3. The summed E-state index contributed by atoms with van der Waals surface area (Å²) >= 11 is 0. The number of likely N-dealkylation sites (tertiary alicyclic amines) is 1. The van der Waals surface area contributed by atoms with Crippen molar-refractivity contribution in [1.82, 2.24) is 10.2 Å². The van der Waals surface area contributed by atoms with Crippen molar-refractivity contribution in [3.8, 4) is 5.75 Å². The topological polar surface area (TPSA) is 125 Å². The summed E-state index contributed by atoms with van der Waals surface area (Å²) in [4.78, 5) is 40.5. The molecule has 1 aliphatic heterocycles. The molecular formula is C25H36N2O7. The normalized spacial score (nSPS) is 21.8. The van der Waals surface area contributed by atoms with Gasteiger partial charge in [-0.2, -0.15) is 0 Å². The highest BCUT2D eigenvalue weighted by molar-refractivity contribution is 5.91. The Morgan fingerprint density at radius 1 is 1.21 bits per heavy atom. The van der Waals surface area contributed by atoms with Gasteiger partial charge < -0.3 is 29.9 Å². The summed E-state index contributed by atoms with van der Waals surface area (Å²) in [6.45, 7) is 0.187. The smallest absolute Gasteiger partial charge is 0.328 e. The molecule has 9 nitrogen and oxygen atoms in total. The number of esters is 1. The van der Waals surface area contributed by atoms with E-state index in [1.54, 1.807) is 18.2 Å². The minimum atomic E-state index is -0.781. The van der Waals surface area contributed by atoms with Crippen LogP contribution in [-0.2, 0) is 30.3 Å². The van der Waals surface area contributed by atoms with Crippen LogP contribution < -0.4 is 5.32 Å². The van der Waals surface area contributed by atoms with Crippen LogP contribution in [0.25, 0.3) is 0 Å². The van der Waals surface area contributed by atoms with Crippen LogP contribution in [0.2, 0.25) is 0 Å². The number of aliphatic hydroxyl groups is 1. The molecule has 2 fully saturated rings. The van der Waals surface area contributed by atoms with Crippen LogP contribution in [0.5, 0.6) is 5.75 Å². The molecule has 3 atom stereocenters. The molecule has 1 aromatic rings. The first-order valence-electron chi connectivity index (χ1n) is 12.1. The van der Waals surface area contributed by atoms with Crippen molar-refractivity contribution in [3.63, 3.8) is 0 Å². The van der Waals surface area contributed by atoms with E-state index in [-0.39, 0.29) is 55.8 Å². The number of rotatable bonds is 10. The second kappa shape index (κ2) is 12.7. The number of nitrogens with zero attached hydrogens (tertiary/aromatic N) is 1. The van der Waals surface area contributed by atoms with E-state index in [0.717, 1.165) is 37.7 Å². The molecule has 2 aliphatic rings. The van der Waals surface area contributed by atoms with Crippen molar-refractivity contribution < 1.29 is 34.1 Å². The maximum Gasteiger partial charge on any atom is 0.328 e. The average Bonchev–Trinajstić information content (AvgIpc) is 3.28. The first kappa shape index (κ1) is 26.0. The van der Waals surface area contributed by atoms with Crippen molar-refractivity contribution in [2.45, 2.75) is 69.6 Å². The fraction of sp³-hybridized carbons (Fsp3) is 0.640. The zero-order chi connectivity index (χ0) is 24.5. The molecule has 0 spiro atoms. The predicted molar refractivity (Wildman–Crippen MR) is 124 cm³/mol. The van der Waals surface area contributed by atoms with Crippen molar-refractivity contribution in [2.24, 2.45) is 5.92 Å². The molecule has 188 valence electrons. The second-order valence-electron chi connectivity index (χ2n) is 9.09. The summed E-state index contributed by atoms with van der Waals surface area (Å²) in [6.07, 6.45) is 5.31. The first-order chi connectivity index (χ1) is 16.4. The molecule has 1 aliphatic carbocycles. The Morgan fingerprint density at radius 2 is 1.97 bits per heavy atom. The quantitative estimate of drug-likeness (QED) is 0.438. The molecule has 3 N–H and O–H groups in total. The maximum absolute atomic E-state index is 13.7. The van der Waals surface area contributed by atoms with Crippen LogP contribution in [0, 0.1) is 5.92 Å². The van der Waals surface area contributed by atoms with E-state index in [1.807, 2.05) is 6.07 Å². The lowest BCUT2D eigenvalue weighted by atomic mass is 9.83. The van der Waals surface area contributed by atoms with E-state index in [0.29, 0.717) is 12.8 Å². The molecule has 1 saturated heterocycles. The highest BCUT2D eigenvalue weighted by Crippen LogP contribution is 2.30. The molecule has 9 heteroatoms. The number of amides is 2.